The maximum absolute atomic E-state index is 12.3. The second kappa shape index (κ2) is 5.15. The molecule has 0 aliphatic heterocycles. The second-order valence-electron chi connectivity index (χ2n) is 7.27. The van der Waals surface area contributed by atoms with Crippen LogP contribution in [0, 0.1) is 26.9 Å². The Kier molecular flexibility index (Phi) is 3.50. The smallest absolute Gasteiger partial charge is 0.267 e. The van der Waals surface area contributed by atoms with E-state index < -0.39 is 10.8 Å². The fourth-order valence-corrected chi connectivity index (χ4v) is 4.10. The lowest BCUT2D eigenvalue weighted by Crippen LogP contribution is -2.34. The summed E-state index contributed by atoms with van der Waals surface area (Å²) in [5.74, 6) is 0.0585. The first kappa shape index (κ1) is 15.6. The Balaban J connectivity index is 1.82. The molecular formula is C17H21N3O3. The van der Waals surface area contributed by atoms with Crippen LogP contribution in [-0.4, -0.2) is 16.5 Å². The van der Waals surface area contributed by atoms with Gasteiger partial charge in [-0.2, -0.15) is 5.10 Å². The Morgan fingerprint density at radius 2 is 2.04 bits per heavy atom. The number of hydrogen-bond acceptors (Lipinski definition) is 4. The molecule has 0 saturated heterocycles. The molecule has 6 heteroatoms. The van der Waals surface area contributed by atoms with Gasteiger partial charge in [-0.15, -0.1) is 0 Å². The predicted octanol–water partition coefficient (Wildman–Crippen LogP) is 3.53. The molecule has 0 spiro atoms. The zero-order valence-corrected chi connectivity index (χ0v) is 13.6. The molecule has 1 aromatic carbocycles. The van der Waals surface area contributed by atoms with Crippen LogP contribution in [-0.2, 0) is 0 Å². The topological polar surface area (TPSA) is 84.6 Å². The van der Waals surface area contributed by atoms with Crippen molar-refractivity contribution in [2.75, 3.05) is 0 Å². The highest BCUT2D eigenvalue weighted by atomic mass is 16.6. The van der Waals surface area contributed by atoms with Crippen molar-refractivity contribution in [3.8, 4) is 0 Å². The number of benzene rings is 1. The predicted molar refractivity (Wildman–Crippen MR) is 87.2 cm³/mol. The van der Waals surface area contributed by atoms with Crippen LogP contribution >= 0.6 is 0 Å². The minimum absolute atomic E-state index is 0.00638. The lowest BCUT2D eigenvalue weighted by Gasteiger charge is -2.34. The van der Waals surface area contributed by atoms with E-state index in [1.54, 1.807) is 12.1 Å². The molecule has 2 fully saturated rings. The van der Waals surface area contributed by atoms with Crippen molar-refractivity contribution in [1.82, 2.24) is 5.43 Å². The SMILES string of the molecule is CC12CCC(C/C1=N\NC(=O)c1ccccc1[N+](=O)[O-])C2(C)C. The molecule has 2 saturated carbocycles. The minimum Gasteiger partial charge on any atom is -0.267 e. The Labute approximate surface area is 135 Å². The van der Waals surface area contributed by atoms with Crippen molar-refractivity contribution < 1.29 is 9.72 Å². The number of para-hydroxylation sites is 1. The summed E-state index contributed by atoms with van der Waals surface area (Å²) in [5, 5.41) is 15.4. The molecule has 2 aliphatic rings. The zero-order chi connectivity index (χ0) is 16.8. The number of carbonyl (C=O) groups excluding carboxylic acids is 1. The fourth-order valence-electron chi connectivity index (χ4n) is 4.10. The van der Waals surface area contributed by atoms with Crippen LogP contribution in [0.2, 0.25) is 0 Å². The maximum atomic E-state index is 12.3. The van der Waals surface area contributed by atoms with E-state index in [2.05, 4.69) is 31.3 Å². The van der Waals surface area contributed by atoms with Gasteiger partial charge in [0.1, 0.15) is 5.56 Å². The summed E-state index contributed by atoms with van der Waals surface area (Å²) < 4.78 is 0. The summed E-state index contributed by atoms with van der Waals surface area (Å²) in [4.78, 5) is 22.7. The number of nitrogens with one attached hydrogen (secondary N) is 1. The Morgan fingerprint density at radius 1 is 1.35 bits per heavy atom. The van der Waals surface area contributed by atoms with Crippen molar-refractivity contribution in [1.29, 1.82) is 0 Å². The Morgan fingerprint density at radius 3 is 2.61 bits per heavy atom. The molecule has 2 atom stereocenters. The van der Waals surface area contributed by atoms with Crippen molar-refractivity contribution in [2.24, 2.45) is 21.8 Å². The third-order valence-corrected chi connectivity index (χ3v) is 6.15. The van der Waals surface area contributed by atoms with Crippen LogP contribution < -0.4 is 5.43 Å². The van der Waals surface area contributed by atoms with Crippen LogP contribution in [0.5, 0.6) is 0 Å². The molecule has 6 nitrogen and oxygen atoms in total. The van der Waals surface area contributed by atoms with Gasteiger partial charge in [-0.1, -0.05) is 32.9 Å². The second-order valence-corrected chi connectivity index (χ2v) is 7.27. The lowest BCUT2D eigenvalue weighted by atomic mass is 9.70. The molecule has 3 rings (SSSR count). The first-order valence-corrected chi connectivity index (χ1v) is 7.88. The van der Waals surface area contributed by atoms with E-state index in [9.17, 15) is 14.9 Å². The van der Waals surface area contributed by atoms with Crippen LogP contribution in [0.15, 0.2) is 29.4 Å². The van der Waals surface area contributed by atoms with E-state index in [4.69, 9.17) is 0 Å². The van der Waals surface area contributed by atoms with Crippen LogP contribution in [0.25, 0.3) is 0 Å². The molecule has 1 amide bonds. The van der Waals surface area contributed by atoms with Crippen molar-refractivity contribution in [2.45, 2.75) is 40.0 Å². The average molecular weight is 315 g/mol. The van der Waals surface area contributed by atoms with Gasteiger partial charge >= 0.3 is 0 Å². The quantitative estimate of drug-likeness (QED) is 0.684. The summed E-state index contributed by atoms with van der Waals surface area (Å²) >= 11 is 0. The number of rotatable bonds is 3. The van der Waals surface area contributed by atoms with Gasteiger partial charge in [0.15, 0.2) is 0 Å². The first-order chi connectivity index (χ1) is 10.8. The normalized spacial score (nSPS) is 29.7. The molecule has 2 aliphatic carbocycles. The molecule has 0 heterocycles. The van der Waals surface area contributed by atoms with Gasteiger partial charge in [-0.05, 0) is 36.7 Å². The maximum Gasteiger partial charge on any atom is 0.282 e. The standard InChI is InChI=1S/C17H21N3O3/c1-16(2)11-8-9-17(16,3)14(10-11)18-19-15(21)12-6-4-5-7-13(12)20(22)23/h4-7,11H,8-10H2,1-3H3,(H,19,21)/b18-14+. The van der Waals surface area contributed by atoms with Crippen molar-refractivity contribution in [3.63, 3.8) is 0 Å². The van der Waals surface area contributed by atoms with E-state index in [0.717, 1.165) is 18.6 Å². The van der Waals surface area contributed by atoms with Gasteiger partial charge in [-0.25, -0.2) is 5.43 Å². The third-order valence-electron chi connectivity index (χ3n) is 6.15. The van der Waals surface area contributed by atoms with Crippen LogP contribution in [0.4, 0.5) is 5.69 Å². The molecule has 2 unspecified atom stereocenters. The van der Waals surface area contributed by atoms with Gasteiger partial charge in [0.2, 0.25) is 0 Å². The monoisotopic (exact) mass is 315 g/mol. The van der Waals surface area contributed by atoms with Gasteiger partial charge in [0.25, 0.3) is 11.6 Å². The van der Waals surface area contributed by atoms with Gasteiger partial charge in [0, 0.05) is 17.2 Å². The summed E-state index contributed by atoms with van der Waals surface area (Å²) in [6, 6.07) is 5.92. The van der Waals surface area contributed by atoms with E-state index in [-0.39, 0.29) is 22.1 Å². The molecule has 23 heavy (non-hydrogen) atoms. The molecule has 2 bridgehead atoms. The first-order valence-electron chi connectivity index (χ1n) is 7.88. The molecule has 122 valence electrons. The van der Waals surface area contributed by atoms with Crippen molar-refractivity contribution in [3.05, 3.63) is 39.9 Å². The molecule has 1 aromatic rings. The highest BCUT2D eigenvalue weighted by molar-refractivity contribution is 6.00. The number of amides is 1. The van der Waals surface area contributed by atoms with E-state index >= 15 is 0 Å². The number of nitrogens with zero attached hydrogens (tertiary/aromatic N) is 2. The van der Waals surface area contributed by atoms with E-state index in [1.165, 1.54) is 18.6 Å². The average Bonchev–Trinajstić information content (AvgIpc) is 2.85. The Bertz CT molecular complexity index is 711. The van der Waals surface area contributed by atoms with Gasteiger partial charge < -0.3 is 0 Å². The fraction of sp³-hybridized carbons (Fsp3) is 0.529. The number of hydrazone groups is 1. The lowest BCUT2D eigenvalue weighted by molar-refractivity contribution is -0.385. The van der Waals surface area contributed by atoms with Crippen LogP contribution in [0.3, 0.4) is 0 Å². The number of carbonyl (C=O) groups is 1. The number of fused-ring (bicyclic) bond motifs is 2. The summed E-state index contributed by atoms with van der Waals surface area (Å²) in [6.07, 6.45) is 3.16. The summed E-state index contributed by atoms with van der Waals surface area (Å²) in [6.45, 7) is 6.73. The Hall–Kier alpha value is -2.24. The molecule has 0 radical (unpaired) electrons. The zero-order valence-electron chi connectivity index (χ0n) is 13.6. The van der Waals surface area contributed by atoms with Crippen LogP contribution in [0.1, 0.15) is 50.4 Å². The van der Waals surface area contributed by atoms with E-state index in [1.807, 2.05) is 0 Å². The van der Waals surface area contributed by atoms with Crippen molar-refractivity contribution >= 4 is 17.3 Å². The highest BCUT2D eigenvalue weighted by Crippen LogP contribution is 2.63. The van der Waals surface area contributed by atoms with E-state index in [0.29, 0.717) is 5.92 Å². The van der Waals surface area contributed by atoms with Gasteiger partial charge in [0.05, 0.1) is 4.92 Å². The molecule has 0 aromatic heterocycles. The number of nitro groups is 1. The summed E-state index contributed by atoms with van der Waals surface area (Å²) in [5.41, 5.74) is 3.54. The third kappa shape index (κ3) is 2.24. The highest BCUT2D eigenvalue weighted by Gasteiger charge is 2.60. The number of hydrogen-bond donors (Lipinski definition) is 1. The largest absolute Gasteiger partial charge is 0.282 e. The number of nitro benzene ring substituents is 1. The molecule has 1 N–H and O–H groups in total. The minimum atomic E-state index is -0.552. The van der Waals surface area contributed by atoms with Gasteiger partial charge in [-0.3, -0.25) is 14.9 Å². The molecular weight excluding hydrogens is 294 g/mol. The summed E-state index contributed by atoms with van der Waals surface area (Å²) in [7, 11) is 0.